The number of hydrogen-bond donors (Lipinski definition) is 0. The molecule has 1 heterocycles. The summed E-state index contributed by atoms with van der Waals surface area (Å²) in [6.07, 6.45) is 3.54. The minimum atomic E-state index is -0.908. The van der Waals surface area contributed by atoms with Crippen molar-refractivity contribution in [1.82, 2.24) is 4.98 Å². The number of fused-ring (bicyclic) bond motifs is 1. The first kappa shape index (κ1) is 30.9. The second-order valence-corrected chi connectivity index (χ2v) is 13.5. The fraction of sp³-hybridized carbons (Fsp3) is 0. The second kappa shape index (κ2) is 12.4. The number of para-hydroxylation sites is 1. The van der Waals surface area contributed by atoms with Crippen molar-refractivity contribution < 1.29 is 8.78 Å². The Labute approximate surface area is 305 Å². The molecule has 9 aromatic carbocycles. The summed E-state index contributed by atoms with van der Waals surface area (Å²) < 4.78 is 32.9. The summed E-state index contributed by atoms with van der Waals surface area (Å²) in [5.74, 6) is -1.79. The van der Waals surface area contributed by atoms with Crippen LogP contribution >= 0.6 is 0 Å². The van der Waals surface area contributed by atoms with Crippen LogP contribution in [0, 0.1) is 11.6 Å². The molecule has 10 rings (SSSR count). The second-order valence-electron chi connectivity index (χ2n) is 13.5. The highest BCUT2D eigenvalue weighted by atomic mass is 19.2. The first-order chi connectivity index (χ1) is 26.1. The van der Waals surface area contributed by atoms with Crippen LogP contribution in [0.2, 0.25) is 0 Å². The van der Waals surface area contributed by atoms with Crippen molar-refractivity contribution in [2.45, 2.75) is 0 Å². The van der Waals surface area contributed by atoms with Crippen LogP contribution in [-0.2, 0) is 0 Å². The number of anilines is 3. The SMILES string of the molecule is Fc1c(-c2cc3ccc4cc(-c5ccc6ccccc6c5)cc5ccc(c2)c3c45)ccc(N(c2ccccc2)c2ccc(-c3cccnc3)cc2)c1F. The smallest absolute Gasteiger partial charge is 0.183 e. The topological polar surface area (TPSA) is 16.1 Å². The average molecular weight is 685 g/mol. The minimum absolute atomic E-state index is 0.131. The van der Waals surface area contributed by atoms with Crippen molar-refractivity contribution in [3.8, 4) is 33.4 Å². The van der Waals surface area contributed by atoms with Crippen LogP contribution in [0.1, 0.15) is 0 Å². The molecule has 1 aromatic heterocycles. The zero-order valence-electron chi connectivity index (χ0n) is 28.5. The Morgan fingerprint density at radius 3 is 1.60 bits per heavy atom. The van der Waals surface area contributed by atoms with Gasteiger partial charge in [-0.15, -0.1) is 0 Å². The van der Waals surface area contributed by atoms with Crippen molar-refractivity contribution in [2.24, 2.45) is 0 Å². The molecule has 0 radical (unpaired) electrons. The van der Waals surface area contributed by atoms with Crippen LogP contribution in [-0.4, -0.2) is 4.98 Å². The Bertz CT molecular complexity index is 2890. The summed E-state index contributed by atoms with van der Waals surface area (Å²) in [7, 11) is 0. The molecule has 53 heavy (non-hydrogen) atoms. The molecule has 0 saturated heterocycles. The largest absolute Gasteiger partial charge is 0.308 e. The van der Waals surface area contributed by atoms with Crippen LogP contribution < -0.4 is 4.90 Å². The van der Waals surface area contributed by atoms with E-state index in [1.165, 1.54) is 21.7 Å². The molecular weight excluding hydrogens is 655 g/mol. The Morgan fingerprint density at radius 1 is 0.377 bits per heavy atom. The summed E-state index contributed by atoms with van der Waals surface area (Å²) in [5, 5.41) is 8.98. The zero-order chi connectivity index (χ0) is 35.5. The maximum atomic E-state index is 16.5. The fourth-order valence-electron chi connectivity index (χ4n) is 7.80. The van der Waals surface area contributed by atoms with Gasteiger partial charge in [-0.25, -0.2) is 8.78 Å². The third-order valence-electron chi connectivity index (χ3n) is 10.4. The Hall–Kier alpha value is -6.91. The fourth-order valence-corrected chi connectivity index (χ4v) is 7.80. The summed E-state index contributed by atoms with van der Waals surface area (Å²) in [4.78, 5) is 5.98. The molecule has 10 aromatic rings. The van der Waals surface area contributed by atoms with Crippen molar-refractivity contribution in [3.63, 3.8) is 0 Å². The third kappa shape index (κ3) is 5.27. The molecule has 0 fully saturated rings. The molecule has 0 spiro atoms. The van der Waals surface area contributed by atoms with E-state index in [0.29, 0.717) is 11.3 Å². The maximum absolute atomic E-state index is 16.5. The van der Waals surface area contributed by atoms with Crippen LogP contribution in [0.5, 0.6) is 0 Å². The molecule has 0 saturated carbocycles. The van der Waals surface area contributed by atoms with Gasteiger partial charge >= 0.3 is 0 Å². The van der Waals surface area contributed by atoms with Gasteiger partial charge in [0.2, 0.25) is 0 Å². The number of rotatable bonds is 6. The lowest BCUT2D eigenvalue weighted by atomic mass is 9.89. The number of halogens is 2. The number of hydrogen-bond acceptors (Lipinski definition) is 2. The maximum Gasteiger partial charge on any atom is 0.183 e. The monoisotopic (exact) mass is 684 g/mol. The van der Waals surface area contributed by atoms with E-state index in [1.54, 1.807) is 29.4 Å². The van der Waals surface area contributed by atoms with Gasteiger partial charge < -0.3 is 4.90 Å². The predicted molar refractivity (Wildman–Crippen MR) is 216 cm³/mol. The predicted octanol–water partition coefficient (Wildman–Crippen LogP) is 13.9. The van der Waals surface area contributed by atoms with Gasteiger partial charge in [0.1, 0.15) is 0 Å². The van der Waals surface area contributed by atoms with E-state index >= 15 is 8.78 Å². The third-order valence-corrected chi connectivity index (χ3v) is 10.4. The van der Waals surface area contributed by atoms with Crippen LogP contribution in [0.4, 0.5) is 25.8 Å². The van der Waals surface area contributed by atoms with Gasteiger partial charge in [-0.1, -0.05) is 97.1 Å². The average Bonchev–Trinajstić information content (AvgIpc) is 3.22. The summed E-state index contributed by atoms with van der Waals surface area (Å²) in [6.45, 7) is 0. The van der Waals surface area contributed by atoms with E-state index in [2.05, 4.69) is 83.8 Å². The van der Waals surface area contributed by atoms with Crippen molar-refractivity contribution >= 4 is 60.2 Å². The molecule has 0 amide bonds. The van der Waals surface area contributed by atoms with Crippen LogP contribution in [0.3, 0.4) is 0 Å². The Morgan fingerprint density at radius 2 is 0.943 bits per heavy atom. The zero-order valence-corrected chi connectivity index (χ0v) is 28.5. The Kier molecular flexibility index (Phi) is 7.22. The summed E-state index contributed by atoms with van der Waals surface area (Å²) in [5.41, 5.74) is 6.70. The van der Waals surface area contributed by atoms with Gasteiger partial charge in [-0.2, -0.15) is 0 Å². The van der Waals surface area contributed by atoms with Crippen LogP contribution in [0.25, 0.3) is 76.5 Å². The van der Waals surface area contributed by atoms with Crippen molar-refractivity contribution in [3.05, 3.63) is 194 Å². The summed E-state index contributed by atoms with van der Waals surface area (Å²) >= 11 is 0. The van der Waals surface area contributed by atoms with E-state index in [4.69, 9.17) is 0 Å². The van der Waals surface area contributed by atoms with E-state index in [1.807, 2.05) is 78.9 Å². The molecule has 0 atom stereocenters. The van der Waals surface area contributed by atoms with Gasteiger partial charge in [0.25, 0.3) is 0 Å². The highest BCUT2D eigenvalue weighted by Gasteiger charge is 2.23. The number of aromatic nitrogens is 1. The Balaban J connectivity index is 1.05. The minimum Gasteiger partial charge on any atom is -0.308 e. The first-order valence-electron chi connectivity index (χ1n) is 17.6. The molecule has 2 nitrogen and oxygen atoms in total. The molecule has 250 valence electrons. The van der Waals surface area contributed by atoms with Crippen molar-refractivity contribution in [1.29, 1.82) is 0 Å². The van der Waals surface area contributed by atoms with Gasteiger partial charge in [0.15, 0.2) is 11.6 Å². The van der Waals surface area contributed by atoms with Gasteiger partial charge in [0.05, 0.1) is 5.69 Å². The summed E-state index contributed by atoms with van der Waals surface area (Å²) in [6, 6.07) is 56.4. The number of nitrogens with zero attached hydrogens (tertiary/aromatic N) is 2. The standard InChI is InChI=1S/C49H30F2N2/c50-48-44(22-23-45(49(48)51)53(42-10-2-1-3-11-42)43-20-18-32(19-21-43)39-9-6-24-52-30-39)41-28-37-16-14-35-26-40(27-36-15-17-38(29-41)47(37)46(35)36)34-13-12-31-7-4-5-8-33(31)25-34/h1-30H. The van der Waals surface area contributed by atoms with E-state index in [0.717, 1.165) is 49.3 Å². The van der Waals surface area contributed by atoms with Crippen LogP contribution in [0.15, 0.2) is 182 Å². The molecule has 0 bridgehead atoms. The molecule has 0 aliphatic carbocycles. The molecule has 4 heteroatoms. The number of pyridine rings is 1. The van der Waals surface area contributed by atoms with Crippen molar-refractivity contribution in [2.75, 3.05) is 4.90 Å². The van der Waals surface area contributed by atoms with E-state index < -0.39 is 11.6 Å². The highest BCUT2D eigenvalue weighted by molar-refractivity contribution is 6.24. The molecule has 0 aliphatic rings. The first-order valence-corrected chi connectivity index (χ1v) is 17.6. The van der Waals surface area contributed by atoms with E-state index in [9.17, 15) is 0 Å². The molecular formula is C49H30F2N2. The normalized spacial score (nSPS) is 11.6. The van der Waals surface area contributed by atoms with Gasteiger partial charge in [-0.05, 0) is 144 Å². The quantitative estimate of drug-likeness (QED) is 0.162. The number of benzene rings is 9. The van der Waals surface area contributed by atoms with E-state index in [-0.39, 0.29) is 11.3 Å². The lowest BCUT2D eigenvalue weighted by molar-refractivity contribution is 0.512. The molecule has 0 aliphatic heterocycles. The van der Waals surface area contributed by atoms with Gasteiger partial charge in [-0.3, -0.25) is 4.98 Å². The molecule has 0 N–H and O–H groups in total. The molecule has 0 unspecified atom stereocenters. The highest BCUT2D eigenvalue weighted by Crippen LogP contribution is 2.43. The van der Waals surface area contributed by atoms with Gasteiger partial charge in [0, 0.05) is 29.3 Å². The lowest BCUT2D eigenvalue weighted by Crippen LogP contribution is -2.12. The lowest BCUT2D eigenvalue weighted by Gasteiger charge is -2.26.